The molecule has 0 bridgehead atoms. The summed E-state index contributed by atoms with van der Waals surface area (Å²) in [5, 5.41) is 16.1. The van der Waals surface area contributed by atoms with Crippen LogP contribution in [0.25, 0.3) is 0 Å². The number of carbonyl (C=O) groups is 2. The number of anilines is 1. The van der Waals surface area contributed by atoms with Crippen LogP contribution in [0.1, 0.15) is 62.8 Å². The van der Waals surface area contributed by atoms with E-state index in [0.29, 0.717) is 19.6 Å². The van der Waals surface area contributed by atoms with Gasteiger partial charge in [-0.3, -0.25) is 9.59 Å². The Kier molecular flexibility index (Phi) is 6.85. The summed E-state index contributed by atoms with van der Waals surface area (Å²) in [5.74, 6) is 0.775. The maximum Gasteiger partial charge on any atom is 0.227 e. The molecule has 8 nitrogen and oxygen atoms in total. The first kappa shape index (κ1) is 22.6. The van der Waals surface area contributed by atoms with Crippen LogP contribution in [0.2, 0.25) is 0 Å². The lowest BCUT2D eigenvalue weighted by atomic mass is 9.84. The van der Waals surface area contributed by atoms with Gasteiger partial charge in [-0.25, -0.2) is 0 Å². The molecule has 3 N–H and O–H groups in total. The Labute approximate surface area is 194 Å². The highest BCUT2D eigenvalue weighted by Gasteiger charge is 2.46. The Morgan fingerprint density at radius 2 is 1.88 bits per heavy atom. The summed E-state index contributed by atoms with van der Waals surface area (Å²) in [6.07, 6.45) is 5.78. The number of fused-ring (bicyclic) bond motifs is 3. The number of hydrogen-bond acceptors (Lipinski definition) is 6. The molecule has 0 aromatic heterocycles. The predicted octanol–water partition coefficient (Wildman–Crippen LogP) is 2.50. The van der Waals surface area contributed by atoms with Crippen molar-refractivity contribution in [3.63, 3.8) is 0 Å². The summed E-state index contributed by atoms with van der Waals surface area (Å²) in [6, 6.07) is 5.99. The van der Waals surface area contributed by atoms with Gasteiger partial charge in [0.15, 0.2) is 0 Å². The van der Waals surface area contributed by atoms with Crippen molar-refractivity contribution in [2.75, 3.05) is 25.1 Å². The summed E-state index contributed by atoms with van der Waals surface area (Å²) in [7, 11) is 0. The molecule has 4 aliphatic rings. The van der Waals surface area contributed by atoms with Gasteiger partial charge >= 0.3 is 0 Å². The van der Waals surface area contributed by atoms with Crippen molar-refractivity contribution < 1.29 is 28.9 Å². The van der Waals surface area contributed by atoms with Crippen molar-refractivity contribution in [2.24, 2.45) is 5.92 Å². The highest BCUT2D eigenvalue weighted by Crippen LogP contribution is 2.47. The topological polar surface area (TPSA) is 106 Å². The second-order valence-electron chi connectivity index (χ2n) is 9.79. The van der Waals surface area contributed by atoms with E-state index in [-0.39, 0.29) is 54.9 Å². The SMILES string of the molecule is O=C(C[C@H]1C[C@@H]2c3cc(NC(=O)C4CCOCC4)ccc3O[C@@H]2[C@@H](CO)O1)NC1CCCC1. The molecule has 0 radical (unpaired) electrons. The van der Waals surface area contributed by atoms with Gasteiger partial charge in [0.1, 0.15) is 18.0 Å². The van der Waals surface area contributed by atoms with Gasteiger partial charge in [-0.15, -0.1) is 0 Å². The second kappa shape index (κ2) is 9.99. The van der Waals surface area contributed by atoms with Crippen LogP contribution in [0, 0.1) is 5.92 Å². The Morgan fingerprint density at radius 3 is 2.64 bits per heavy atom. The summed E-state index contributed by atoms with van der Waals surface area (Å²) in [4.78, 5) is 25.3. The van der Waals surface area contributed by atoms with E-state index in [1.807, 2.05) is 18.2 Å². The zero-order valence-electron chi connectivity index (χ0n) is 19.0. The van der Waals surface area contributed by atoms with Crippen molar-refractivity contribution in [1.29, 1.82) is 0 Å². The highest BCUT2D eigenvalue weighted by molar-refractivity contribution is 5.92. The van der Waals surface area contributed by atoms with Crippen LogP contribution in [0.5, 0.6) is 5.75 Å². The van der Waals surface area contributed by atoms with E-state index in [2.05, 4.69) is 10.6 Å². The smallest absolute Gasteiger partial charge is 0.227 e. The fourth-order valence-electron chi connectivity index (χ4n) is 5.73. The number of ether oxygens (including phenoxy) is 3. The summed E-state index contributed by atoms with van der Waals surface area (Å²) >= 11 is 0. The molecule has 1 aliphatic carbocycles. The normalized spacial score (nSPS) is 29.7. The van der Waals surface area contributed by atoms with E-state index >= 15 is 0 Å². The molecule has 1 saturated carbocycles. The molecule has 2 saturated heterocycles. The number of carbonyl (C=O) groups excluding carboxylic acids is 2. The van der Waals surface area contributed by atoms with E-state index in [4.69, 9.17) is 14.2 Å². The van der Waals surface area contributed by atoms with Crippen LogP contribution < -0.4 is 15.4 Å². The minimum absolute atomic E-state index is 0.00936. The van der Waals surface area contributed by atoms with Crippen molar-refractivity contribution in [3.8, 4) is 5.75 Å². The van der Waals surface area contributed by atoms with E-state index in [1.165, 1.54) is 12.8 Å². The van der Waals surface area contributed by atoms with Crippen LogP contribution in [-0.2, 0) is 19.1 Å². The van der Waals surface area contributed by atoms with Crippen LogP contribution >= 0.6 is 0 Å². The van der Waals surface area contributed by atoms with Crippen LogP contribution in [0.4, 0.5) is 5.69 Å². The van der Waals surface area contributed by atoms with Gasteiger partial charge < -0.3 is 30.0 Å². The Morgan fingerprint density at radius 1 is 1.09 bits per heavy atom. The zero-order valence-corrected chi connectivity index (χ0v) is 19.0. The standard InChI is InChI=1S/C25H34N2O6/c28-14-22-24-20(12-18(32-22)13-23(29)26-16-3-1-2-4-16)19-11-17(5-6-21(19)33-24)27-25(30)15-7-9-31-10-8-15/h5-6,11,15-16,18,20,22,24,28H,1-4,7-10,12-14H2,(H,26,29)(H,27,30)/t18-,20-,22-,24+/m1/s1. The molecular weight excluding hydrogens is 424 g/mol. The Hall–Kier alpha value is -2.16. The number of aliphatic hydroxyl groups excluding tert-OH is 1. The molecule has 2 amide bonds. The molecule has 3 heterocycles. The molecule has 5 rings (SSSR count). The van der Waals surface area contributed by atoms with Crippen molar-refractivity contribution in [3.05, 3.63) is 23.8 Å². The molecule has 3 fully saturated rings. The van der Waals surface area contributed by atoms with Gasteiger partial charge in [0, 0.05) is 42.3 Å². The van der Waals surface area contributed by atoms with Crippen LogP contribution in [-0.4, -0.2) is 61.1 Å². The fourth-order valence-corrected chi connectivity index (χ4v) is 5.73. The number of rotatable bonds is 6. The third-order valence-electron chi connectivity index (χ3n) is 7.49. The van der Waals surface area contributed by atoms with Gasteiger partial charge in [-0.1, -0.05) is 12.8 Å². The maximum atomic E-state index is 12.7. The molecule has 33 heavy (non-hydrogen) atoms. The summed E-state index contributed by atoms with van der Waals surface area (Å²) < 4.78 is 17.6. The van der Waals surface area contributed by atoms with E-state index in [1.54, 1.807) is 0 Å². The van der Waals surface area contributed by atoms with Gasteiger partial charge in [0.2, 0.25) is 11.8 Å². The van der Waals surface area contributed by atoms with Gasteiger partial charge in [0.05, 0.1) is 19.1 Å². The molecule has 1 aromatic carbocycles. The quantitative estimate of drug-likeness (QED) is 0.605. The maximum absolute atomic E-state index is 12.7. The number of amides is 2. The number of nitrogens with one attached hydrogen (secondary N) is 2. The molecule has 3 aliphatic heterocycles. The summed E-state index contributed by atoms with van der Waals surface area (Å²) in [6.45, 7) is 1.08. The first-order valence-corrected chi connectivity index (χ1v) is 12.4. The molecular formula is C25H34N2O6. The highest BCUT2D eigenvalue weighted by atomic mass is 16.6. The average Bonchev–Trinajstić information content (AvgIpc) is 3.46. The molecule has 180 valence electrons. The van der Waals surface area contributed by atoms with E-state index in [0.717, 1.165) is 42.7 Å². The van der Waals surface area contributed by atoms with Crippen LogP contribution in [0.15, 0.2) is 18.2 Å². The van der Waals surface area contributed by atoms with Crippen LogP contribution in [0.3, 0.4) is 0 Å². The third-order valence-corrected chi connectivity index (χ3v) is 7.49. The number of hydrogen-bond donors (Lipinski definition) is 3. The largest absolute Gasteiger partial charge is 0.487 e. The van der Waals surface area contributed by atoms with Crippen molar-refractivity contribution in [2.45, 2.75) is 81.6 Å². The zero-order chi connectivity index (χ0) is 22.8. The second-order valence-corrected chi connectivity index (χ2v) is 9.79. The lowest BCUT2D eigenvalue weighted by Gasteiger charge is -2.37. The predicted molar refractivity (Wildman–Crippen MR) is 121 cm³/mol. The molecule has 0 unspecified atom stereocenters. The van der Waals surface area contributed by atoms with Gasteiger partial charge in [0.25, 0.3) is 0 Å². The molecule has 8 heteroatoms. The monoisotopic (exact) mass is 458 g/mol. The first-order chi connectivity index (χ1) is 16.1. The lowest BCUT2D eigenvalue weighted by Crippen LogP contribution is -2.47. The van der Waals surface area contributed by atoms with Crippen molar-refractivity contribution >= 4 is 17.5 Å². The average molecular weight is 459 g/mol. The van der Waals surface area contributed by atoms with Gasteiger partial charge in [-0.05, 0) is 50.3 Å². The number of aliphatic hydroxyl groups is 1. The Balaban J connectivity index is 1.26. The van der Waals surface area contributed by atoms with Crippen molar-refractivity contribution in [1.82, 2.24) is 5.32 Å². The minimum atomic E-state index is -0.485. The molecule has 1 aromatic rings. The van der Waals surface area contributed by atoms with Gasteiger partial charge in [-0.2, -0.15) is 0 Å². The summed E-state index contributed by atoms with van der Waals surface area (Å²) in [5.41, 5.74) is 1.75. The number of benzene rings is 1. The minimum Gasteiger partial charge on any atom is -0.487 e. The molecule has 0 spiro atoms. The van der Waals surface area contributed by atoms with E-state index in [9.17, 15) is 14.7 Å². The third kappa shape index (κ3) is 5.03. The Bertz CT molecular complexity index is 864. The fraction of sp³-hybridized carbons (Fsp3) is 0.680. The first-order valence-electron chi connectivity index (χ1n) is 12.4. The van der Waals surface area contributed by atoms with E-state index < -0.39 is 6.10 Å². The molecule has 4 atom stereocenters. The lowest BCUT2D eigenvalue weighted by molar-refractivity contribution is -0.142.